The Morgan fingerprint density at radius 3 is 2.49 bits per heavy atom. The molecule has 0 atom stereocenters. The molecule has 0 fully saturated rings. The Morgan fingerprint density at radius 2 is 1.73 bits per heavy atom. The van der Waals surface area contributed by atoms with E-state index in [1.54, 1.807) is 48.9 Å². The number of alkyl halides is 3. The second-order valence-corrected chi connectivity index (χ2v) is 9.19. The Labute approximate surface area is 217 Å². The van der Waals surface area contributed by atoms with Gasteiger partial charge in [-0.3, -0.25) is 9.48 Å². The summed E-state index contributed by atoms with van der Waals surface area (Å²) in [6, 6.07) is 17.7. The van der Waals surface area contributed by atoms with Gasteiger partial charge in [0.2, 0.25) is 0 Å². The number of hydrogen-bond donors (Lipinski definition) is 1. The van der Waals surface area contributed by atoms with Gasteiger partial charge in [0.25, 0.3) is 5.91 Å². The van der Waals surface area contributed by atoms with Crippen LogP contribution in [0.2, 0.25) is 5.02 Å². The number of hydrogen-bond acceptors (Lipinski definition) is 3. The number of nitrogens with one attached hydrogen (secondary N) is 1. The van der Waals surface area contributed by atoms with Crippen molar-refractivity contribution >= 4 is 23.2 Å². The van der Waals surface area contributed by atoms with E-state index < -0.39 is 11.7 Å². The van der Waals surface area contributed by atoms with Crippen LogP contribution in [0.15, 0.2) is 66.7 Å². The van der Waals surface area contributed by atoms with Gasteiger partial charge in [-0.25, -0.2) is 0 Å². The first-order chi connectivity index (χ1) is 17.5. The number of benzene rings is 3. The predicted octanol–water partition coefficient (Wildman–Crippen LogP) is 7.36. The van der Waals surface area contributed by atoms with E-state index in [1.807, 2.05) is 25.1 Å². The SMILES string of the molecule is Cc1ccc(Cl)c(OCc2cccc(C(=O)Nc3c(C)nn(Cc4cccc(C(F)(F)F)c4)c3C)c2)c1. The predicted molar refractivity (Wildman–Crippen MR) is 137 cm³/mol. The van der Waals surface area contributed by atoms with Crippen LogP contribution >= 0.6 is 11.6 Å². The first-order valence-corrected chi connectivity index (χ1v) is 11.9. The van der Waals surface area contributed by atoms with Crippen molar-refractivity contribution in [3.8, 4) is 5.75 Å². The second-order valence-electron chi connectivity index (χ2n) is 8.78. The number of rotatable bonds is 7. The molecule has 37 heavy (non-hydrogen) atoms. The maximum Gasteiger partial charge on any atom is 0.416 e. The number of carbonyl (C=O) groups excluding carboxylic acids is 1. The van der Waals surface area contributed by atoms with Gasteiger partial charge in [-0.05, 0) is 73.9 Å². The van der Waals surface area contributed by atoms with Crippen molar-refractivity contribution in [3.63, 3.8) is 0 Å². The van der Waals surface area contributed by atoms with Crippen molar-refractivity contribution in [2.45, 2.75) is 40.1 Å². The summed E-state index contributed by atoms with van der Waals surface area (Å²) < 4.78 is 46.6. The summed E-state index contributed by atoms with van der Waals surface area (Å²) in [4.78, 5) is 13.0. The lowest BCUT2D eigenvalue weighted by atomic mass is 10.1. The number of anilines is 1. The molecule has 1 N–H and O–H groups in total. The second kappa shape index (κ2) is 10.7. The third kappa shape index (κ3) is 6.32. The minimum atomic E-state index is -4.42. The fourth-order valence-electron chi connectivity index (χ4n) is 3.92. The van der Waals surface area contributed by atoms with E-state index >= 15 is 0 Å². The fourth-order valence-corrected chi connectivity index (χ4v) is 4.09. The fraction of sp³-hybridized carbons (Fsp3) is 0.214. The van der Waals surface area contributed by atoms with Crippen molar-refractivity contribution in [2.75, 3.05) is 5.32 Å². The summed E-state index contributed by atoms with van der Waals surface area (Å²) in [5, 5.41) is 7.83. The molecule has 0 unspecified atom stereocenters. The third-order valence-electron chi connectivity index (χ3n) is 5.88. The molecule has 1 heterocycles. The summed E-state index contributed by atoms with van der Waals surface area (Å²) in [7, 11) is 0. The molecule has 0 saturated heterocycles. The number of amides is 1. The van der Waals surface area contributed by atoms with Crippen molar-refractivity contribution in [1.29, 1.82) is 0 Å². The zero-order chi connectivity index (χ0) is 26.7. The Hall–Kier alpha value is -3.78. The van der Waals surface area contributed by atoms with Gasteiger partial charge in [0.05, 0.1) is 34.2 Å². The molecule has 0 aliphatic carbocycles. The molecule has 0 aliphatic heterocycles. The molecule has 0 spiro atoms. The standard InChI is InChI=1S/C28H25ClF3N3O2/c1-17-10-11-24(29)25(12-17)37-16-21-7-4-8-22(13-21)27(36)33-26-18(2)34-35(19(26)3)15-20-6-5-9-23(14-20)28(30,31)32/h4-14H,15-16H2,1-3H3,(H,33,36). The zero-order valence-electron chi connectivity index (χ0n) is 20.5. The van der Waals surface area contributed by atoms with Crippen LogP contribution < -0.4 is 10.1 Å². The molecule has 192 valence electrons. The summed E-state index contributed by atoms with van der Waals surface area (Å²) in [5.74, 6) is 0.233. The summed E-state index contributed by atoms with van der Waals surface area (Å²) in [6.07, 6.45) is -4.42. The molecule has 0 aliphatic rings. The van der Waals surface area contributed by atoms with Gasteiger partial charge >= 0.3 is 6.18 Å². The Balaban J connectivity index is 1.47. The van der Waals surface area contributed by atoms with E-state index in [4.69, 9.17) is 16.3 Å². The lowest BCUT2D eigenvalue weighted by Gasteiger charge is -2.11. The van der Waals surface area contributed by atoms with Gasteiger partial charge in [0, 0.05) is 5.56 Å². The molecule has 4 aromatic rings. The third-order valence-corrected chi connectivity index (χ3v) is 6.19. The van der Waals surface area contributed by atoms with Crippen LogP contribution in [0.25, 0.3) is 0 Å². The largest absolute Gasteiger partial charge is 0.487 e. The van der Waals surface area contributed by atoms with Gasteiger partial charge in [-0.2, -0.15) is 18.3 Å². The van der Waals surface area contributed by atoms with Crippen LogP contribution in [-0.2, 0) is 19.3 Å². The number of halogens is 4. The van der Waals surface area contributed by atoms with Crippen LogP contribution in [0.5, 0.6) is 5.75 Å². The van der Waals surface area contributed by atoms with Crippen molar-refractivity contribution in [3.05, 3.63) is 111 Å². The smallest absolute Gasteiger partial charge is 0.416 e. The highest BCUT2D eigenvalue weighted by atomic mass is 35.5. The normalized spacial score (nSPS) is 11.4. The first kappa shape index (κ1) is 26.3. The maximum absolute atomic E-state index is 13.1. The van der Waals surface area contributed by atoms with Gasteiger partial charge < -0.3 is 10.1 Å². The van der Waals surface area contributed by atoms with Gasteiger partial charge in [0.1, 0.15) is 12.4 Å². The van der Waals surface area contributed by atoms with E-state index in [-0.39, 0.29) is 19.1 Å². The zero-order valence-corrected chi connectivity index (χ0v) is 21.2. The highest BCUT2D eigenvalue weighted by molar-refractivity contribution is 6.32. The van der Waals surface area contributed by atoms with Crippen LogP contribution in [0.3, 0.4) is 0 Å². The average molecular weight is 528 g/mol. The van der Waals surface area contributed by atoms with Crippen LogP contribution in [0, 0.1) is 20.8 Å². The molecular weight excluding hydrogens is 503 g/mol. The summed E-state index contributed by atoms with van der Waals surface area (Å²) in [5.41, 5.74) is 3.70. The molecule has 0 bridgehead atoms. The number of ether oxygens (including phenoxy) is 1. The van der Waals surface area contributed by atoms with Gasteiger partial charge in [-0.1, -0.05) is 41.9 Å². The number of aromatic nitrogens is 2. The molecule has 0 radical (unpaired) electrons. The van der Waals surface area contributed by atoms with Crippen molar-refractivity contribution in [1.82, 2.24) is 9.78 Å². The molecular formula is C28H25ClF3N3O2. The monoisotopic (exact) mass is 527 g/mol. The molecule has 9 heteroatoms. The van der Waals surface area contributed by atoms with E-state index in [1.165, 1.54) is 6.07 Å². The quantitative estimate of drug-likeness (QED) is 0.273. The van der Waals surface area contributed by atoms with E-state index in [9.17, 15) is 18.0 Å². The van der Waals surface area contributed by atoms with Crippen LogP contribution in [0.4, 0.5) is 18.9 Å². The highest BCUT2D eigenvalue weighted by Gasteiger charge is 2.30. The van der Waals surface area contributed by atoms with Crippen LogP contribution in [-0.4, -0.2) is 15.7 Å². The number of carbonyl (C=O) groups is 1. The molecule has 0 saturated carbocycles. The number of nitrogens with zero attached hydrogens (tertiary/aromatic N) is 2. The Morgan fingerprint density at radius 1 is 1.00 bits per heavy atom. The highest BCUT2D eigenvalue weighted by Crippen LogP contribution is 2.30. The molecule has 3 aromatic carbocycles. The lowest BCUT2D eigenvalue weighted by molar-refractivity contribution is -0.137. The molecule has 5 nitrogen and oxygen atoms in total. The van der Waals surface area contributed by atoms with Gasteiger partial charge in [0.15, 0.2) is 0 Å². The summed E-state index contributed by atoms with van der Waals surface area (Å²) >= 11 is 6.20. The van der Waals surface area contributed by atoms with Crippen LogP contribution in [0.1, 0.15) is 44.0 Å². The maximum atomic E-state index is 13.1. The van der Waals surface area contributed by atoms with E-state index in [2.05, 4.69) is 10.4 Å². The van der Waals surface area contributed by atoms with E-state index in [0.717, 1.165) is 23.3 Å². The van der Waals surface area contributed by atoms with Crippen molar-refractivity contribution < 1.29 is 22.7 Å². The molecule has 1 aromatic heterocycles. The molecule has 4 rings (SSSR count). The van der Waals surface area contributed by atoms with Gasteiger partial charge in [-0.15, -0.1) is 0 Å². The number of aryl methyl sites for hydroxylation is 2. The average Bonchev–Trinajstić information content (AvgIpc) is 3.11. The first-order valence-electron chi connectivity index (χ1n) is 11.5. The minimum Gasteiger partial charge on any atom is -0.487 e. The summed E-state index contributed by atoms with van der Waals surface area (Å²) in [6.45, 7) is 5.82. The lowest BCUT2D eigenvalue weighted by Crippen LogP contribution is -2.14. The molecule has 1 amide bonds. The Bertz CT molecular complexity index is 1450. The van der Waals surface area contributed by atoms with E-state index in [0.29, 0.717) is 39.0 Å². The topological polar surface area (TPSA) is 56.1 Å². The van der Waals surface area contributed by atoms with Crippen molar-refractivity contribution in [2.24, 2.45) is 0 Å². The minimum absolute atomic E-state index is 0.140. The Kier molecular flexibility index (Phi) is 7.59.